The van der Waals surface area contributed by atoms with Gasteiger partial charge in [0.05, 0.1) is 17.1 Å². The van der Waals surface area contributed by atoms with Crippen LogP contribution in [0.2, 0.25) is 0 Å². The number of hydrogen-bond acceptors (Lipinski definition) is 5. The van der Waals surface area contributed by atoms with E-state index in [9.17, 15) is 9.59 Å². The lowest BCUT2D eigenvalue weighted by Crippen LogP contribution is -2.16. The summed E-state index contributed by atoms with van der Waals surface area (Å²) in [6, 6.07) is 3.13. The van der Waals surface area contributed by atoms with Gasteiger partial charge in [-0.05, 0) is 12.1 Å². The largest absolute Gasteiger partial charge is 0.478 e. The molecule has 0 aliphatic carbocycles. The highest BCUT2D eigenvalue weighted by Crippen LogP contribution is 2.18. The van der Waals surface area contributed by atoms with E-state index in [2.05, 4.69) is 10.3 Å². The number of aromatic nitrogens is 1. The number of nitrogens with zero attached hydrogens (tertiary/aromatic N) is 1. The van der Waals surface area contributed by atoms with E-state index in [1.165, 1.54) is 24.0 Å². The normalized spacial score (nSPS) is 18.6. The first-order valence-electron chi connectivity index (χ1n) is 4.92. The van der Waals surface area contributed by atoms with Gasteiger partial charge in [0.25, 0.3) is 0 Å². The SMILES string of the molecule is O=C1NCC(CSc2ccc(C(=O)O)cn2)O1. The van der Waals surface area contributed by atoms with Crippen molar-refractivity contribution >= 4 is 23.8 Å². The second-order valence-corrected chi connectivity index (χ2v) is 4.45. The molecule has 1 saturated heterocycles. The number of carbonyl (C=O) groups is 2. The lowest BCUT2D eigenvalue weighted by molar-refractivity contribution is 0.0696. The van der Waals surface area contributed by atoms with Crippen LogP contribution in [0.1, 0.15) is 10.4 Å². The van der Waals surface area contributed by atoms with E-state index in [4.69, 9.17) is 9.84 Å². The number of carboxylic acid groups (broad SMARTS) is 1. The Hall–Kier alpha value is -1.76. The molecule has 90 valence electrons. The first kappa shape index (κ1) is 11.7. The monoisotopic (exact) mass is 254 g/mol. The highest BCUT2D eigenvalue weighted by Gasteiger charge is 2.22. The summed E-state index contributed by atoms with van der Waals surface area (Å²) in [4.78, 5) is 25.4. The van der Waals surface area contributed by atoms with Crippen molar-refractivity contribution in [1.82, 2.24) is 10.3 Å². The fourth-order valence-corrected chi connectivity index (χ4v) is 2.13. The predicted molar refractivity (Wildman–Crippen MR) is 60.2 cm³/mol. The van der Waals surface area contributed by atoms with E-state index in [0.29, 0.717) is 17.3 Å². The summed E-state index contributed by atoms with van der Waals surface area (Å²) in [6.45, 7) is 0.499. The van der Waals surface area contributed by atoms with E-state index < -0.39 is 12.1 Å². The number of nitrogens with one attached hydrogen (secondary N) is 1. The van der Waals surface area contributed by atoms with Crippen LogP contribution in [0.3, 0.4) is 0 Å². The maximum absolute atomic E-state index is 10.8. The number of ether oxygens (including phenoxy) is 1. The van der Waals surface area contributed by atoms with E-state index >= 15 is 0 Å². The molecular formula is C10H10N2O4S. The molecule has 0 spiro atoms. The first-order valence-corrected chi connectivity index (χ1v) is 5.90. The minimum absolute atomic E-state index is 0.156. The minimum Gasteiger partial charge on any atom is -0.478 e. The number of cyclic esters (lactones) is 1. The summed E-state index contributed by atoms with van der Waals surface area (Å²) in [5.74, 6) is -0.402. The Balaban J connectivity index is 1.87. The van der Waals surface area contributed by atoms with Gasteiger partial charge in [0.2, 0.25) is 0 Å². The summed E-state index contributed by atoms with van der Waals surface area (Å²) >= 11 is 1.42. The Morgan fingerprint density at radius 1 is 1.65 bits per heavy atom. The Morgan fingerprint density at radius 3 is 3.00 bits per heavy atom. The lowest BCUT2D eigenvalue weighted by Gasteiger charge is -2.06. The molecular weight excluding hydrogens is 244 g/mol. The third-order valence-corrected chi connectivity index (χ3v) is 3.22. The fraction of sp³-hybridized carbons (Fsp3) is 0.300. The van der Waals surface area contributed by atoms with E-state index in [1.807, 2.05) is 0 Å². The van der Waals surface area contributed by atoms with Crippen molar-refractivity contribution in [2.75, 3.05) is 12.3 Å². The molecule has 2 N–H and O–H groups in total. The summed E-state index contributed by atoms with van der Waals surface area (Å²) in [6.07, 6.45) is 0.752. The van der Waals surface area contributed by atoms with Crippen LogP contribution in [0.25, 0.3) is 0 Å². The first-order chi connectivity index (χ1) is 8.15. The van der Waals surface area contributed by atoms with Gasteiger partial charge in [-0.2, -0.15) is 0 Å². The van der Waals surface area contributed by atoms with Crippen LogP contribution in [0.4, 0.5) is 4.79 Å². The zero-order valence-electron chi connectivity index (χ0n) is 8.75. The van der Waals surface area contributed by atoms with Crippen molar-refractivity contribution in [2.24, 2.45) is 0 Å². The Bertz CT molecular complexity index is 434. The van der Waals surface area contributed by atoms with Gasteiger partial charge in [0, 0.05) is 11.9 Å². The van der Waals surface area contributed by atoms with Crippen LogP contribution < -0.4 is 5.32 Å². The summed E-state index contributed by atoms with van der Waals surface area (Å²) in [5, 5.41) is 12.0. The molecule has 0 aromatic carbocycles. The third-order valence-electron chi connectivity index (χ3n) is 2.15. The standard InChI is InChI=1S/C10H10N2O4S/c13-9(14)6-1-2-8(11-3-6)17-5-7-4-12-10(15)16-7/h1-3,7H,4-5H2,(H,12,15)(H,13,14). The smallest absolute Gasteiger partial charge is 0.407 e. The molecule has 1 aliphatic heterocycles. The molecule has 1 aromatic heterocycles. The number of carboxylic acids is 1. The molecule has 17 heavy (non-hydrogen) atoms. The molecule has 1 unspecified atom stereocenters. The van der Waals surface area contributed by atoms with Crippen LogP contribution in [-0.2, 0) is 4.74 Å². The van der Waals surface area contributed by atoms with Gasteiger partial charge in [-0.3, -0.25) is 0 Å². The lowest BCUT2D eigenvalue weighted by atomic mass is 10.3. The topological polar surface area (TPSA) is 88.5 Å². The molecule has 1 atom stereocenters. The number of hydrogen-bond donors (Lipinski definition) is 2. The molecule has 2 heterocycles. The van der Waals surface area contributed by atoms with Crippen LogP contribution in [-0.4, -0.2) is 40.6 Å². The quantitative estimate of drug-likeness (QED) is 0.779. The van der Waals surface area contributed by atoms with Crippen molar-refractivity contribution in [3.63, 3.8) is 0 Å². The molecule has 0 radical (unpaired) electrons. The fourth-order valence-electron chi connectivity index (χ4n) is 1.30. The summed E-state index contributed by atoms with van der Waals surface area (Å²) in [5.41, 5.74) is 0.156. The van der Waals surface area contributed by atoms with Gasteiger partial charge in [-0.15, -0.1) is 11.8 Å². The Kier molecular flexibility index (Phi) is 3.48. The van der Waals surface area contributed by atoms with Gasteiger partial charge in [0.15, 0.2) is 0 Å². The van der Waals surface area contributed by atoms with Crippen LogP contribution >= 0.6 is 11.8 Å². The molecule has 1 fully saturated rings. The molecule has 0 bridgehead atoms. The average Bonchev–Trinajstić information content (AvgIpc) is 2.73. The van der Waals surface area contributed by atoms with Crippen molar-refractivity contribution in [3.8, 4) is 0 Å². The van der Waals surface area contributed by atoms with E-state index in [1.54, 1.807) is 6.07 Å². The molecule has 2 rings (SSSR count). The summed E-state index contributed by atoms with van der Waals surface area (Å²) in [7, 11) is 0. The highest BCUT2D eigenvalue weighted by molar-refractivity contribution is 7.99. The van der Waals surface area contributed by atoms with Gasteiger partial charge in [-0.25, -0.2) is 14.6 Å². The number of aromatic carboxylic acids is 1. The molecule has 1 aromatic rings. The van der Waals surface area contributed by atoms with Gasteiger partial charge >= 0.3 is 12.1 Å². The molecule has 1 amide bonds. The average molecular weight is 254 g/mol. The molecule has 0 saturated carbocycles. The van der Waals surface area contributed by atoms with Crippen LogP contribution in [0, 0.1) is 0 Å². The van der Waals surface area contributed by atoms with Crippen LogP contribution in [0.15, 0.2) is 23.4 Å². The van der Waals surface area contributed by atoms with Crippen molar-refractivity contribution in [1.29, 1.82) is 0 Å². The van der Waals surface area contributed by atoms with Gasteiger partial charge in [-0.1, -0.05) is 0 Å². The third kappa shape index (κ3) is 3.10. The Labute approximate surface area is 101 Å². The predicted octanol–water partition coefficient (Wildman–Crippen LogP) is 0.980. The maximum atomic E-state index is 10.8. The molecule has 6 nitrogen and oxygen atoms in total. The molecule has 7 heteroatoms. The number of pyridine rings is 1. The van der Waals surface area contributed by atoms with Crippen molar-refractivity contribution in [2.45, 2.75) is 11.1 Å². The number of thioether (sulfide) groups is 1. The maximum Gasteiger partial charge on any atom is 0.407 e. The van der Waals surface area contributed by atoms with E-state index in [0.717, 1.165) is 0 Å². The molecule has 1 aliphatic rings. The number of alkyl carbamates (subject to hydrolysis) is 1. The van der Waals surface area contributed by atoms with Gasteiger partial charge < -0.3 is 15.2 Å². The zero-order valence-corrected chi connectivity index (χ0v) is 9.57. The minimum atomic E-state index is -0.997. The second-order valence-electron chi connectivity index (χ2n) is 3.41. The number of rotatable bonds is 4. The second kappa shape index (κ2) is 5.05. The Morgan fingerprint density at radius 2 is 2.47 bits per heavy atom. The van der Waals surface area contributed by atoms with E-state index in [-0.39, 0.29) is 11.7 Å². The summed E-state index contributed by atoms with van der Waals surface area (Å²) < 4.78 is 4.95. The van der Waals surface area contributed by atoms with Gasteiger partial charge in [0.1, 0.15) is 6.10 Å². The zero-order chi connectivity index (χ0) is 12.3. The van der Waals surface area contributed by atoms with Crippen molar-refractivity contribution < 1.29 is 19.4 Å². The number of carbonyl (C=O) groups excluding carboxylic acids is 1. The van der Waals surface area contributed by atoms with Crippen LogP contribution in [0.5, 0.6) is 0 Å². The van der Waals surface area contributed by atoms with Crippen molar-refractivity contribution in [3.05, 3.63) is 23.9 Å². The number of amides is 1. The highest BCUT2D eigenvalue weighted by atomic mass is 32.2.